The fourth-order valence-corrected chi connectivity index (χ4v) is 2.57. The smallest absolute Gasteiger partial charge is 0.254 e. The van der Waals surface area contributed by atoms with Crippen molar-refractivity contribution in [3.63, 3.8) is 0 Å². The average molecular weight is 333 g/mol. The van der Waals surface area contributed by atoms with Gasteiger partial charge in [0.05, 0.1) is 0 Å². The largest absolute Gasteiger partial charge is 0.489 e. The Bertz CT molecular complexity index is 628. The molecule has 1 saturated heterocycles. The summed E-state index contributed by atoms with van der Waals surface area (Å²) in [6, 6.07) is 17.3. The van der Waals surface area contributed by atoms with E-state index in [0.29, 0.717) is 6.61 Å². The van der Waals surface area contributed by atoms with Crippen LogP contribution in [0.1, 0.15) is 15.9 Å². The van der Waals surface area contributed by atoms with Crippen molar-refractivity contribution in [3.05, 3.63) is 65.7 Å². The van der Waals surface area contributed by atoms with Crippen molar-refractivity contribution >= 4 is 18.3 Å². The molecule has 1 aliphatic heterocycles. The van der Waals surface area contributed by atoms with Crippen LogP contribution in [0.15, 0.2) is 54.6 Å². The first kappa shape index (κ1) is 17.3. The van der Waals surface area contributed by atoms with E-state index >= 15 is 0 Å². The molecule has 1 N–H and O–H groups in total. The van der Waals surface area contributed by atoms with Crippen molar-refractivity contribution < 1.29 is 9.53 Å². The lowest BCUT2D eigenvalue weighted by atomic mass is 10.1. The molecule has 4 nitrogen and oxygen atoms in total. The van der Waals surface area contributed by atoms with Gasteiger partial charge >= 0.3 is 0 Å². The van der Waals surface area contributed by atoms with Gasteiger partial charge in [0.1, 0.15) is 12.4 Å². The Balaban J connectivity index is 0.00000192. The van der Waals surface area contributed by atoms with Gasteiger partial charge < -0.3 is 15.0 Å². The molecule has 0 radical (unpaired) electrons. The van der Waals surface area contributed by atoms with Crippen molar-refractivity contribution in [2.24, 2.45) is 0 Å². The molecule has 0 aromatic heterocycles. The van der Waals surface area contributed by atoms with E-state index in [1.807, 2.05) is 59.5 Å². The van der Waals surface area contributed by atoms with Crippen molar-refractivity contribution in [1.82, 2.24) is 10.2 Å². The van der Waals surface area contributed by atoms with Gasteiger partial charge in [-0.2, -0.15) is 0 Å². The lowest BCUT2D eigenvalue weighted by molar-refractivity contribution is 0.0733. The number of nitrogens with zero attached hydrogens (tertiary/aromatic N) is 1. The quantitative estimate of drug-likeness (QED) is 0.936. The zero-order valence-electron chi connectivity index (χ0n) is 12.9. The van der Waals surface area contributed by atoms with Gasteiger partial charge in [-0.25, -0.2) is 0 Å². The predicted octanol–water partition coefficient (Wildman–Crippen LogP) is 2.73. The van der Waals surface area contributed by atoms with E-state index in [1.165, 1.54) is 0 Å². The van der Waals surface area contributed by atoms with Crippen molar-refractivity contribution in [2.45, 2.75) is 6.61 Å². The van der Waals surface area contributed by atoms with E-state index in [9.17, 15) is 4.79 Å². The highest BCUT2D eigenvalue weighted by Gasteiger charge is 2.20. The predicted molar refractivity (Wildman–Crippen MR) is 93.2 cm³/mol. The summed E-state index contributed by atoms with van der Waals surface area (Å²) in [6.45, 7) is 3.63. The van der Waals surface area contributed by atoms with E-state index in [0.717, 1.165) is 43.1 Å². The Morgan fingerprint density at radius 1 is 1.00 bits per heavy atom. The minimum absolute atomic E-state index is 0. The first-order valence-corrected chi connectivity index (χ1v) is 7.60. The number of carbonyl (C=O) groups is 1. The summed E-state index contributed by atoms with van der Waals surface area (Å²) in [5, 5.41) is 3.26. The molecule has 2 aromatic carbocycles. The summed E-state index contributed by atoms with van der Waals surface area (Å²) in [5.41, 5.74) is 1.66. The number of hydrogen-bond acceptors (Lipinski definition) is 3. The second-order valence-electron chi connectivity index (χ2n) is 5.30. The molecule has 0 aliphatic carbocycles. The minimum Gasteiger partial charge on any atom is -0.489 e. The lowest BCUT2D eigenvalue weighted by Crippen LogP contribution is -2.46. The van der Waals surface area contributed by atoms with Crippen LogP contribution in [0.25, 0.3) is 0 Å². The minimum atomic E-state index is 0. The van der Waals surface area contributed by atoms with E-state index in [4.69, 9.17) is 4.74 Å². The number of piperazine rings is 1. The Morgan fingerprint density at radius 2 is 1.65 bits per heavy atom. The molecule has 0 saturated carbocycles. The molecular weight excluding hydrogens is 312 g/mol. The van der Waals surface area contributed by atoms with Crippen LogP contribution in [0.5, 0.6) is 5.75 Å². The fourth-order valence-electron chi connectivity index (χ4n) is 2.57. The molecule has 5 heteroatoms. The van der Waals surface area contributed by atoms with Gasteiger partial charge in [-0.05, 0) is 18.2 Å². The third kappa shape index (κ3) is 4.47. The zero-order valence-corrected chi connectivity index (χ0v) is 13.7. The first-order valence-electron chi connectivity index (χ1n) is 7.60. The SMILES string of the molecule is Cl.O=C(c1ccccc1COc1ccccc1)N1CCNCC1. The molecule has 1 aliphatic rings. The van der Waals surface area contributed by atoms with Crippen LogP contribution in [-0.4, -0.2) is 37.0 Å². The second-order valence-corrected chi connectivity index (χ2v) is 5.30. The van der Waals surface area contributed by atoms with Crippen LogP contribution in [0, 0.1) is 0 Å². The van der Waals surface area contributed by atoms with Gasteiger partial charge in [-0.15, -0.1) is 12.4 Å². The number of nitrogens with one attached hydrogen (secondary N) is 1. The van der Waals surface area contributed by atoms with Crippen LogP contribution in [-0.2, 0) is 6.61 Å². The monoisotopic (exact) mass is 332 g/mol. The number of ether oxygens (including phenoxy) is 1. The molecule has 0 spiro atoms. The average Bonchev–Trinajstić information content (AvgIpc) is 2.61. The number of benzene rings is 2. The fraction of sp³-hybridized carbons (Fsp3) is 0.278. The molecule has 1 amide bonds. The topological polar surface area (TPSA) is 41.6 Å². The highest BCUT2D eigenvalue weighted by Crippen LogP contribution is 2.16. The number of para-hydroxylation sites is 1. The summed E-state index contributed by atoms with van der Waals surface area (Å²) in [6.07, 6.45) is 0. The molecule has 1 fully saturated rings. The highest BCUT2D eigenvalue weighted by atomic mass is 35.5. The molecule has 0 atom stereocenters. The molecule has 0 unspecified atom stereocenters. The van der Waals surface area contributed by atoms with Crippen molar-refractivity contribution in [3.8, 4) is 5.75 Å². The number of halogens is 1. The van der Waals surface area contributed by atoms with Crippen LogP contribution < -0.4 is 10.1 Å². The van der Waals surface area contributed by atoms with E-state index in [2.05, 4.69) is 5.32 Å². The van der Waals surface area contributed by atoms with Gasteiger partial charge in [0.25, 0.3) is 5.91 Å². The van der Waals surface area contributed by atoms with Crippen LogP contribution >= 0.6 is 12.4 Å². The van der Waals surface area contributed by atoms with E-state index in [1.54, 1.807) is 0 Å². The summed E-state index contributed by atoms with van der Waals surface area (Å²) in [4.78, 5) is 14.6. The molecular formula is C18H21ClN2O2. The van der Waals surface area contributed by atoms with Crippen LogP contribution in [0.3, 0.4) is 0 Å². The third-order valence-electron chi connectivity index (χ3n) is 3.79. The zero-order chi connectivity index (χ0) is 15.2. The van der Waals surface area contributed by atoms with Gasteiger partial charge in [-0.1, -0.05) is 36.4 Å². The number of hydrogen-bond donors (Lipinski definition) is 1. The Labute approximate surface area is 142 Å². The highest BCUT2D eigenvalue weighted by molar-refractivity contribution is 5.95. The van der Waals surface area contributed by atoms with Gasteiger partial charge in [0, 0.05) is 37.3 Å². The van der Waals surface area contributed by atoms with Crippen molar-refractivity contribution in [1.29, 1.82) is 0 Å². The maximum Gasteiger partial charge on any atom is 0.254 e. The molecule has 3 rings (SSSR count). The molecule has 2 aromatic rings. The van der Waals surface area contributed by atoms with E-state index < -0.39 is 0 Å². The lowest BCUT2D eigenvalue weighted by Gasteiger charge is -2.28. The third-order valence-corrected chi connectivity index (χ3v) is 3.79. The summed E-state index contributed by atoms with van der Waals surface area (Å²) in [5.74, 6) is 0.903. The van der Waals surface area contributed by atoms with Gasteiger partial charge in [0.15, 0.2) is 0 Å². The Hall–Kier alpha value is -2.04. The Morgan fingerprint density at radius 3 is 2.39 bits per heavy atom. The summed E-state index contributed by atoms with van der Waals surface area (Å²) >= 11 is 0. The Kier molecular flexibility index (Phi) is 6.44. The van der Waals surface area contributed by atoms with Crippen molar-refractivity contribution in [2.75, 3.05) is 26.2 Å². The standard InChI is InChI=1S/C18H20N2O2.ClH/c21-18(20-12-10-19-11-13-20)17-9-5-4-6-15(17)14-22-16-7-2-1-3-8-16;/h1-9,19H,10-14H2;1H. The van der Waals surface area contributed by atoms with Gasteiger partial charge in [-0.3, -0.25) is 4.79 Å². The van der Waals surface area contributed by atoms with E-state index in [-0.39, 0.29) is 18.3 Å². The maximum atomic E-state index is 12.7. The molecule has 122 valence electrons. The van der Waals surface area contributed by atoms with Crippen LogP contribution in [0.4, 0.5) is 0 Å². The number of amides is 1. The number of carbonyl (C=O) groups excluding carboxylic acids is 1. The first-order chi connectivity index (χ1) is 10.8. The second kappa shape index (κ2) is 8.56. The van der Waals surface area contributed by atoms with Crippen LogP contribution in [0.2, 0.25) is 0 Å². The normalized spacial score (nSPS) is 14.0. The summed E-state index contributed by atoms with van der Waals surface area (Å²) < 4.78 is 5.79. The maximum absolute atomic E-state index is 12.7. The summed E-state index contributed by atoms with van der Waals surface area (Å²) in [7, 11) is 0. The van der Waals surface area contributed by atoms with Gasteiger partial charge in [0.2, 0.25) is 0 Å². The molecule has 0 bridgehead atoms. The number of rotatable bonds is 4. The molecule has 1 heterocycles. The molecule has 23 heavy (non-hydrogen) atoms.